The molecule has 0 radical (unpaired) electrons. The highest BCUT2D eigenvalue weighted by atomic mass is 32.1. The van der Waals surface area contributed by atoms with Crippen LogP contribution in [0.2, 0.25) is 0 Å². The lowest BCUT2D eigenvalue weighted by molar-refractivity contribution is 0.580. The number of aromatic nitrogens is 1. The molecule has 2 N–H and O–H groups in total. The highest BCUT2D eigenvalue weighted by Gasteiger charge is 2.07. The number of hydrogen-bond acceptors (Lipinski definition) is 4. The SMILES string of the molecule is Cc1csc(CC(N)CCCc2cccs2)n1. The first-order chi connectivity index (χ1) is 8.24. The molecule has 0 amide bonds. The number of thiophene rings is 1. The Kier molecular flexibility index (Phi) is 4.71. The fraction of sp³-hybridized carbons (Fsp3) is 0.462. The highest BCUT2D eigenvalue weighted by molar-refractivity contribution is 7.10. The van der Waals surface area contributed by atoms with Gasteiger partial charge < -0.3 is 5.73 Å². The van der Waals surface area contributed by atoms with E-state index in [1.54, 1.807) is 11.3 Å². The quantitative estimate of drug-likeness (QED) is 0.870. The average Bonchev–Trinajstić information content (AvgIpc) is 2.90. The molecule has 0 aliphatic heterocycles. The predicted octanol–water partition coefficient (Wildman–Crippen LogP) is 3.41. The minimum Gasteiger partial charge on any atom is -0.327 e. The van der Waals surface area contributed by atoms with Crippen LogP contribution in [0.1, 0.15) is 28.4 Å². The fourth-order valence-corrected chi connectivity index (χ4v) is 3.43. The molecule has 4 heteroatoms. The lowest BCUT2D eigenvalue weighted by atomic mass is 10.1. The van der Waals surface area contributed by atoms with Gasteiger partial charge in [-0.2, -0.15) is 0 Å². The summed E-state index contributed by atoms with van der Waals surface area (Å²) >= 11 is 3.55. The number of hydrogen-bond donors (Lipinski definition) is 1. The smallest absolute Gasteiger partial charge is 0.0943 e. The third-order valence-corrected chi connectivity index (χ3v) is 4.61. The first-order valence-corrected chi connectivity index (χ1v) is 7.69. The molecule has 92 valence electrons. The molecule has 1 unspecified atom stereocenters. The molecule has 2 nitrogen and oxygen atoms in total. The van der Waals surface area contributed by atoms with Crippen LogP contribution in [0, 0.1) is 6.92 Å². The predicted molar refractivity (Wildman–Crippen MR) is 75.8 cm³/mol. The third-order valence-electron chi connectivity index (χ3n) is 2.68. The van der Waals surface area contributed by atoms with Crippen molar-refractivity contribution in [3.8, 4) is 0 Å². The van der Waals surface area contributed by atoms with Gasteiger partial charge >= 0.3 is 0 Å². The Hall–Kier alpha value is -0.710. The van der Waals surface area contributed by atoms with E-state index in [4.69, 9.17) is 5.73 Å². The third kappa shape index (κ3) is 4.22. The van der Waals surface area contributed by atoms with Gasteiger partial charge in [0, 0.05) is 28.4 Å². The molecule has 1 atom stereocenters. The van der Waals surface area contributed by atoms with E-state index < -0.39 is 0 Å². The van der Waals surface area contributed by atoms with Gasteiger partial charge in [-0.1, -0.05) is 6.07 Å². The van der Waals surface area contributed by atoms with Crippen molar-refractivity contribution in [2.75, 3.05) is 0 Å². The molecule has 2 rings (SSSR count). The molecular formula is C13H18N2S2. The monoisotopic (exact) mass is 266 g/mol. The molecule has 2 aromatic heterocycles. The first kappa shape index (κ1) is 12.7. The van der Waals surface area contributed by atoms with Crippen LogP contribution >= 0.6 is 22.7 Å². The fourth-order valence-electron chi connectivity index (χ4n) is 1.82. The van der Waals surface area contributed by atoms with Crippen LogP contribution in [0.4, 0.5) is 0 Å². The second kappa shape index (κ2) is 6.28. The molecular weight excluding hydrogens is 248 g/mol. The first-order valence-electron chi connectivity index (χ1n) is 5.93. The second-order valence-electron chi connectivity index (χ2n) is 4.32. The molecule has 0 bridgehead atoms. The molecule has 0 saturated carbocycles. The van der Waals surface area contributed by atoms with E-state index in [1.807, 2.05) is 18.3 Å². The summed E-state index contributed by atoms with van der Waals surface area (Å²) < 4.78 is 0. The van der Waals surface area contributed by atoms with E-state index in [9.17, 15) is 0 Å². The summed E-state index contributed by atoms with van der Waals surface area (Å²) in [6.45, 7) is 2.03. The molecule has 2 aromatic rings. The maximum absolute atomic E-state index is 6.12. The molecule has 0 spiro atoms. The Balaban J connectivity index is 1.69. The Morgan fingerprint density at radius 2 is 2.29 bits per heavy atom. The Morgan fingerprint density at radius 3 is 2.94 bits per heavy atom. The Bertz CT molecular complexity index is 434. The zero-order valence-corrected chi connectivity index (χ0v) is 11.7. The number of nitrogens with zero attached hydrogens (tertiary/aromatic N) is 1. The minimum absolute atomic E-state index is 0.250. The summed E-state index contributed by atoms with van der Waals surface area (Å²) in [6.07, 6.45) is 4.33. The minimum atomic E-state index is 0.250. The van der Waals surface area contributed by atoms with Gasteiger partial charge in [-0.15, -0.1) is 22.7 Å². The van der Waals surface area contributed by atoms with E-state index >= 15 is 0 Å². The lowest BCUT2D eigenvalue weighted by Crippen LogP contribution is -2.22. The van der Waals surface area contributed by atoms with E-state index in [1.165, 1.54) is 16.3 Å². The van der Waals surface area contributed by atoms with Gasteiger partial charge in [-0.3, -0.25) is 0 Å². The van der Waals surface area contributed by atoms with Crippen molar-refractivity contribution in [2.24, 2.45) is 5.73 Å². The summed E-state index contributed by atoms with van der Waals surface area (Å²) in [5, 5.41) is 5.40. The summed E-state index contributed by atoms with van der Waals surface area (Å²) in [5.74, 6) is 0. The topological polar surface area (TPSA) is 38.9 Å². The zero-order valence-electron chi connectivity index (χ0n) is 10.1. The van der Waals surface area contributed by atoms with Crippen LogP contribution in [0.3, 0.4) is 0 Å². The summed E-state index contributed by atoms with van der Waals surface area (Å²) in [7, 11) is 0. The van der Waals surface area contributed by atoms with E-state index in [0.29, 0.717) is 0 Å². The zero-order chi connectivity index (χ0) is 12.1. The van der Waals surface area contributed by atoms with E-state index in [2.05, 4.69) is 27.9 Å². The Morgan fingerprint density at radius 1 is 1.41 bits per heavy atom. The van der Waals surface area contributed by atoms with Crippen LogP contribution in [0.25, 0.3) is 0 Å². The van der Waals surface area contributed by atoms with Crippen LogP contribution in [0.5, 0.6) is 0 Å². The van der Waals surface area contributed by atoms with Gasteiger partial charge in [0.25, 0.3) is 0 Å². The summed E-state index contributed by atoms with van der Waals surface area (Å²) in [4.78, 5) is 5.91. The van der Waals surface area contributed by atoms with Crippen LogP contribution in [-0.2, 0) is 12.8 Å². The van der Waals surface area contributed by atoms with Crippen molar-refractivity contribution in [1.29, 1.82) is 0 Å². The molecule has 2 heterocycles. The van der Waals surface area contributed by atoms with Gasteiger partial charge in [0.1, 0.15) is 0 Å². The van der Waals surface area contributed by atoms with Crippen molar-refractivity contribution < 1.29 is 0 Å². The van der Waals surface area contributed by atoms with Crippen LogP contribution in [0.15, 0.2) is 22.9 Å². The van der Waals surface area contributed by atoms with Crippen molar-refractivity contribution >= 4 is 22.7 Å². The molecule has 17 heavy (non-hydrogen) atoms. The van der Waals surface area contributed by atoms with Crippen molar-refractivity contribution in [3.05, 3.63) is 38.5 Å². The average molecular weight is 266 g/mol. The summed E-state index contributed by atoms with van der Waals surface area (Å²) in [6, 6.07) is 4.55. The maximum atomic E-state index is 6.12. The van der Waals surface area contributed by atoms with E-state index in [-0.39, 0.29) is 6.04 Å². The van der Waals surface area contributed by atoms with Crippen LogP contribution in [-0.4, -0.2) is 11.0 Å². The van der Waals surface area contributed by atoms with Crippen molar-refractivity contribution in [3.63, 3.8) is 0 Å². The van der Waals surface area contributed by atoms with Gasteiger partial charge in [0.15, 0.2) is 0 Å². The van der Waals surface area contributed by atoms with Crippen LogP contribution < -0.4 is 5.73 Å². The van der Waals surface area contributed by atoms with Gasteiger partial charge in [0.2, 0.25) is 0 Å². The largest absolute Gasteiger partial charge is 0.327 e. The number of rotatable bonds is 6. The maximum Gasteiger partial charge on any atom is 0.0943 e. The molecule has 0 aromatic carbocycles. The van der Waals surface area contributed by atoms with Gasteiger partial charge in [-0.05, 0) is 37.6 Å². The normalized spacial score (nSPS) is 12.8. The van der Waals surface area contributed by atoms with Crippen molar-refractivity contribution in [1.82, 2.24) is 4.98 Å². The molecule has 0 saturated heterocycles. The number of nitrogens with two attached hydrogens (primary N) is 1. The second-order valence-corrected chi connectivity index (χ2v) is 6.29. The lowest BCUT2D eigenvalue weighted by Gasteiger charge is -2.08. The number of aryl methyl sites for hydroxylation is 2. The number of thiazole rings is 1. The molecule has 0 aliphatic carbocycles. The summed E-state index contributed by atoms with van der Waals surface area (Å²) in [5.41, 5.74) is 7.23. The Labute approximate surface area is 111 Å². The van der Waals surface area contributed by atoms with Gasteiger partial charge in [-0.25, -0.2) is 4.98 Å². The standard InChI is InChI=1S/C13H18N2S2/c1-10-9-17-13(15-10)8-11(14)4-2-5-12-6-3-7-16-12/h3,6-7,9,11H,2,4-5,8,14H2,1H3. The van der Waals surface area contributed by atoms with Crippen molar-refractivity contribution in [2.45, 2.75) is 38.6 Å². The molecule has 0 fully saturated rings. The van der Waals surface area contributed by atoms with Gasteiger partial charge in [0.05, 0.1) is 5.01 Å². The molecule has 0 aliphatic rings. The van der Waals surface area contributed by atoms with E-state index in [0.717, 1.165) is 25.0 Å². The highest BCUT2D eigenvalue weighted by Crippen LogP contribution is 2.15.